The fraction of sp³-hybridized carbons (Fsp3) is 0.400. The van der Waals surface area contributed by atoms with E-state index in [1.807, 2.05) is 57.2 Å². The van der Waals surface area contributed by atoms with E-state index in [0.29, 0.717) is 18.6 Å². The van der Waals surface area contributed by atoms with Crippen molar-refractivity contribution in [3.63, 3.8) is 0 Å². The fourth-order valence-electron chi connectivity index (χ4n) is 2.98. The van der Waals surface area contributed by atoms with Gasteiger partial charge in [0.1, 0.15) is 40.2 Å². The molecule has 0 fully saturated rings. The molecule has 0 aliphatic rings. The van der Waals surface area contributed by atoms with Crippen LogP contribution in [0.2, 0.25) is 0 Å². The third-order valence-corrected chi connectivity index (χ3v) is 4.40. The zero-order chi connectivity index (χ0) is 17.3. The highest BCUT2D eigenvalue weighted by molar-refractivity contribution is 5.23. The van der Waals surface area contributed by atoms with Gasteiger partial charge in [0.25, 0.3) is 0 Å². The van der Waals surface area contributed by atoms with Crippen molar-refractivity contribution in [3.8, 4) is 0 Å². The molecule has 3 aromatic heterocycles. The molecule has 4 nitrogen and oxygen atoms in total. The normalized spacial score (nSPS) is 14.2. The van der Waals surface area contributed by atoms with E-state index in [1.54, 1.807) is 6.92 Å². The van der Waals surface area contributed by atoms with Crippen molar-refractivity contribution in [1.82, 2.24) is 0 Å². The summed E-state index contributed by atoms with van der Waals surface area (Å²) >= 11 is 0. The number of hydrogen-bond acceptors (Lipinski definition) is 4. The average molecular weight is 328 g/mol. The maximum absolute atomic E-state index is 10.8. The molecule has 4 heteroatoms. The maximum Gasteiger partial charge on any atom is 0.135 e. The molecule has 0 saturated carbocycles. The molecule has 0 amide bonds. The summed E-state index contributed by atoms with van der Waals surface area (Å²) in [6.07, 6.45) is 1.22. The molecule has 1 atom stereocenters. The molecule has 3 heterocycles. The molecule has 0 spiro atoms. The van der Waals surface area contributed by atoms with Crippen LogP contribution in [0.1, 0.15) is 60.2 Å². The third kappa shape index (κ3) is 3.49. The van der Waals surface area contributed by atoms with Crippen LogP contribution in [0.25, 0.3) is 0 Å². The van der Waals surface area contributed by atoms with Gasteiger partial charge in [0.15, 0.2) is 0 Å². The first-order chi connectivity index (χ1) is 11.3. The van der Waals surface area contributed by atoms with E-state index < -0.39 is 5.60 Å². The van der Waals surface area contributed by atoms with Gasteiger partial charge in [-0.3, -0.25) is 0 Å². The van der Waals surface area contributed by atoms with Crippen LogP contribution in [0.3, 0.4) is 0 Å². The van der Waals surface area contributed by atoms with Crippen LogP contribution in [0, 0.1) is 20.8 Å². The Hall–Kier alpha value is -2.20. The second-order valence-corrected chi connectivity index (χ2v) is 6.67. The Bertz CT molecular complexity index is 763. The molecule has 24 heavy (non-hydrogen) atoms. The quantitative estimate of drug-likeness (QED) is 0.674. The summed E-state index contributed by atoms with van der Waals surface area (Å²) in [5.41, 5.74) is -1.03. The Kier molecular flexibility index (Phi) is 4.41. The molecular formula is C20H24O4. The summed E-state index contributed by atoms with van der Waals surface area (Å²) in [6.45, 7) is 7.51. The molecule has 128 valence electrons. The molecular weight excluding hydrogens is 304 g/mol. The standard InChI is InChI=1S/C20H24O4/c1-13-5-8-17(22-13)16(18-9-6-14(2)23-18)11-12-20(4,21)19-10-7-15(3)24-19/h5-10,16,21H,11-12H2,1-4H3. The summed E-state index contributed by atoms with van der Waals surface area (Å²) in [6, 6.07) is 11.6. The highest BCUT2D eigenvalue weighted by atomic mass is 16.4. The summed E-state index contributed by atoms with van der Waals surface area (Å²) < 4.78 is 17.2. The van der Waals surface area contributed by atoms with Crippen LogP contribution in [0.4, 0.5) is 0 Å². The zero-order valence-electron chi connectivity index (χ0n) is 14.6. The summed E-state index contributed by atoms with van der Waals surface area (Å²) in [5.74, 6) is 4.80. The van der Waals surface area contributed by atoms with Gasteiger partial charge >= 0.3 is 0 Å². The van der Waals surface area contributed by atoms with Crippen LogP contribution < -0.4 is 0 Å². The zero-order valence-corrected chi connectivity index (χ0v) is 14.6. The molecule has 0 saturated heterocycles. The molecule has 3 aromatic rings. The lowest BCUT2D eigenvalue weighted by Crippen LogP contribution is -2.21. The Morgan fingerprint density at radius 2 is 1.33 bits per heavy atom. The SMILES string of the molecule is Cc1ccc(C(CCC(C)(O)c2ccc(C)o2)c2ccc(C)o2)o1. The summed E-state index contributed by atoms with van der Waals surface area (Å²) in [7, 11) is 0. The minimum absolute atomic E-state index is 0.0325. The Morgan fingerprint density at radius 1 is 0.833 bits per heavy atom. The van der Waals surface area contributed by atoms with E-state index in [4.69, 9.17) is 13.3 Å². The van der Waals surface area contributed by atoms with Crippen molar-refractivity contribution in [3.05, 3.63) is 71.0 Å². The van der Waals surface area contributed by atoms with Crippen molar-refractivity contribution in [2.75, 3.05) is 0 Å². The molecule has 1 N–H and O–H groups in total. The maximum atomic E-state index is 10.8. The number of furan rings is 3. The van der Waals surface area contributed by atoms with Gasteiger partial charge < -0.3 is 18.4 Å². The molecule has 0 aliphatic heterocycles. The van der Waals surface area contributed by atoms with Gasteiger partial charge in [-0.15, -0.1) is 0 Å². The van der Waals surface area contributed by atoms with Crippen LogP contribution >= 0.6 is 0 Å². The van der Waals surface area contributed by atoms with Crippen molar-refractivity contribution in [2.24, 2.45) is 0 Å². The minimum atomic E-state index is -1.03. The average Bonchev–Trinajstić information content (AvgIpc) is 3.22. The number of aliphatic hydroxyl groups is 1. The lowest BCUT2D eigenvalue weighted by atomic mass is 9.89. The molecule has 0 radical (unpaired) electrons. The number of hydrogen-bond donors (Lipinski definition) is 1. The molecule has 0 aliphatic carbocycles. The minimum Gasteiger partial charge on any atom is -0.466 e. The Balaban J connectivity index is 1.82. The Labute approximate surface area is 142 Å². The fourth-order valence-corrected chi connectivity index (χ4v) is 2.98. The summed E-state index contributed by atoms with van der Waals surface area (Å²) in [4.78, 5) is 0. The number of rotatable bonds is 6. The first-order valence-electron chi connectivity index (χ1n) is 8.27. The smallest absolute Gasteiger partial charge is 0.135 e. The van der Waals surface area contributed by atoms with E-state index >= 15 is 0 Å². The van der Waals surface area contributed by atoms with Crippen molar-refractivity contribution < 1.29 is 18.4 Å². The predicted octanol–water partition coefficient (Wildman–Crippen LogP) is 5.21. The molecule has 3 rings (SSSR count). The van der Waals surface area contributed by atoms with Gasteiger partial charge in [-0.1, -0.05) is 0 Å². The number of aryl methyl sites for hydroxylation is 3. The lowest BCUT2D eigenvalue weighted by molar-refractivity contribution is 0.0208. The van der Waals surface area contributed by atoms with Gasteiger partial charge in [0.2, 0.25) is 0 Å². The van der Waals surface area contributed by atoms with Crippen LogP contribution in [-0.4, -0.2) is 5.11 Å². The van der Waals surface area contributed by atoms with E-state index in [1.165, 1.54) is 0 Å². The van der Waals surface area contributed by atoms with Gasteiger partial charge in [0.05, 0.1) is 5.92 Å². The Morgan fingerprint density at radius 3 is 1.75 bits per heavy atom. The molecule has 0 bridgehead atoms. The summed E-state index contributed by atoms with van der Waals surface area (Å²) in [5, 5.41) is 10.8. The van der Waals surface area contributed by atoms with Gasteiger partial charge in [-0.25, -0.2) is 0 Å². The van der Waals surface area contributed by atoms with Crippen LogP contribution in [0.5, 0.6) is 0 Å². The molecule has 1 unspecified atom stereocenters. The molecule has 0 aromatic carbocycles. The first kappa shape index (κ1) is 16.7. The van der Waals surface area contributed by atoms with Crippen LogP contribution in [-0.2, 0) is 5.60 Å². The third-order valence-electron chi connectivity index (χ3n) is 4.40. The lowest BCUT2D eigenvalue weighted by Gasteiger charge is -2.23. The van der Waals surface area contributed by atoms with Crippen molar-refractivity contribution in [1.29, 1.82) is 0 Å². The predicted molar refractivity (Wildman–Crippen MR) is 91.0 cm³/mol. The first-order valence-corrected chi connectivity index (χ1v) is 8.27. The van der Waals surface area contributed by atoms with Gasteiger partial charge in [-0.05, 0) is 76.9 Å². The monoisotopic (exact) mass is 328 g/mol. The highest BCUT2D eigenvalue weighted by Crippen LogP contribution is 2.36. The second kappa shape index (κ2) is 6.36. The van der Waals surface area contributed by atoms with Crippen molar-refractivity contribution in [2.45, 2.75) is 52.1 Å². The largest absolute Gasteiger partial charge is 0.466 e. The van der Waals surface area contributed by atoms with E-state index in [0.717, 1.165) is 28.8 Å². The van der Waals surface area contributed by atoms with E-state index in [2.05, 4.69) is 0 Å². The van der Waals surface area contributed by atoms with Crippen LogP contribution in [0.15, 0.2) is 49.6 Å². The topological polar surface area (TPSA) is 59.7 Å². The van der Waals surface area contributed by atoms with E-state index in [9.17, 15) is 5.11 Å². The highest BCUT2D eigenvalue weighted by Gasteiger charge is 2.30. The van der Waals surface area contributed by atoms with E-state index in [-0.39, 0.29) is 5.92 Å². The van der Waals surface area contributed by atoms with Gasteiger partial charge in [0, 0.05) is 0 Å². The second-order valence-electron chi connectivity index (χ2n) is 6.67. The van der Waals surface area contributed by atoms with Crippen molar-refractivity contribution >= 4 is 0 Å². The van der Waals surface area contributed by atoms with Gasteiger partial charge in [-0.2, -0.15) is 0 Å².